The summed E-state index contributed by atoms with van der Waals surface area (Å²) in [7, 11) is 0. The molecule has 1 aromatic carbocycles. The van der Waals surface area contributed by atoms with Crippen LogP contribution in [0.3, 0.4) is 0 Å². The number of aromatic nitrogens is 1. The van der Waals surface area contributed by atoms with E-state index in [1.54, 1.807) is 11.3 Å². The first kappa shape index (κ1) is 12.9. The zero-order valence-corrected chi connectivity index (χ0v) is 11.8. The largest absolute Gasteiger partial charge is 0.489 e. The molecular formula is C14H18N2OS. The zero-order valence-electron chi connectivity index (χ0n) is 10.9. The van der Waals surface area contributed by atoms with Crippen LogP contribution in [0.5, 0.6) is 5.75 Å². The topological polar surface area (TPSA) is 34.1 Å². The van der Waals surface area contributed by atoms with Crippen molar-refractivity contribution in [1.29, 1.82) is 0 Å². The summed E-state index contributed by atoms with van der Waals surface area (Å²) in [6, 6.07) is 7.99. The van der Waals surface area contributed by atoms with E-state index in [2.05, 4.69) is 15.7 Å². The number of rotatable bonds is 5. The number of nitrogens with zero attached hydrogens (tertiary/aromatic N) is 1. The Bertz CT molecular complexity index is 508. The van der Waals surface area contributed by atoms with E-state index in [0.29, 0.717) is 0 Å². The van der Waals surface area contributed by atoms with Crippen molar-refractivity contribution in [2.45, 2.75) is 33.4 Å². The minimum Gasteiger partial charge on any atom is -0.489 e. The summed E-state index contributed by atoms with van der Waals surface area (Å²) in [5.41, 5.74) is 2.09. The molecule has 2 rings (SSSR count). The van der Waals surface area contributed by atoms with Gasteiger partial charge >= 0.3 is 0 Å². The monoisotopic (exact) mass is 262 g/mol. The highest BCUT2D eigenvalue weighted by atomic mass is 32.1. The molecule has 0 radical (unpaired) electrons. The molecule has 0 aliphatic carbocycles. The number of para-hydroxylation sites is 2. The van der Waals surface area contributed by atoms with Crippen LogP contribution in [0.2, 0.25) is 0 Å². The predicted molar refractivity (Wildman–Crippen MR) is 76.4 cm³/mol. The van der Waals surface area contributed by atoms with Gasteiger partial charge in [0.05, 0.1) is 18.3 Å². The van der Waals surface area contributed by atoms with Crippen LogP contribution in [0, 0.1) is 6.92 Å². The number of hydrogen-bond acceptors (Lipinski definition) is 4. The molecule has 0 aliphatic rings. The number of nitrogens with one attached hydrogen (secondary N) is 1. The number of thiazole rings is 1. The molecule has 2 aromatic rings. The van der Waals surface area contributed by atoms with E-state index in [9.17, 15) is 0 Å². The lowest BCUT2D eigenvalue weighted by molar-refractivity contribution is 0.243. The summed E-state index contributed by atoms with van der Waals surface area (Å²) in [6.45, 7) is 6.80. The molecule has 3 nitrogen and oxygen atoms in total. The average molecular weight is 262 g/mol. The van der Waals surface area contributed by atoms with E-state index in [-0.39, 0.29) is 6.10 Å². The summed E-state index contributed by atoms with van der Waals surface area (Å²) in [6.07, 6.45) is 0.176. The lowest BCUT2D eigenvalue weighted by Gasteiger charge is -2.14. The smallest absolute Gasteiger partial charge is 0.142 e. The van der Waals surface area contributed by atoms with Crippen LogP contribution in [-0.2, 0) is 6.54 Å². The van der Waals surface area contributed by atoms with Gasteiger partial charge in [-0.3, -0.25) is 0 Å². The molecule has 0 spiro atoms. The van der Waals surface area contributed by atoms with E-state index in [1.807, 2.05) is 45.0 Å². The van der Waals surface area contributed by atoms with Crippen molar-refractivity contribution in [3.63, 3.8) is 0 Å². The molecular weight excluding hydrogens is 244 g/mol. The van der Waals surface area contributed by atoms with Crippen LogP contribution in [-0.4, -0.2) is 11.1 Å². The lowest BCUT2D eigenvalue weighted by Crippen LogP contribution is -2.08. The standard InChI is InChI=1S/C14H18N2OS/c1-10(2)17-13-7-5-4-6-12(13)15-8-14-16-11(3)9-18-14/h4-7,9-10,15H,8H2,1-3H3. The number of anilines is 1. The number of aryl methyl sites for hydroxylation is 1. The first-order chi connectivity index (χ1) is 8.65. The first-order valence-corrected chi connectivity index (χ1v) is 6.93. The van der Waals surface area contributed by atoms with Gasteiger partial charge in [-0.2, -0.15) is 0 Å². The summed E-state index contributed by atoms with van der Waals surface area (Å²) in [5.74, 6) is 0.890. The number of benzene rings is 1. The van der Waals surface area contributed by atoms with Crippen LogP contribution in [0.4, 0.5) is 5.69 Å². The van der Waals surface area contributed by atoms with Crippen LogP contribution in [0.25, 0.3) is 0 Å². The van der Waals surface area contributed by atoms with Crippen LogP contribution < -0.4 is 10.1 Å². The van der Waals surface area contributed by atoms with Gasteiger partial charge in [0.25, 0.3) is 0 Å². The van der Waals surface area contributed by atoms with Crippen molar-refractivity contribution in [3.05, 3.63) is 40.3 Å². The Hall–Kier alpha value is -1.55. The van der Waals surface area contributed by atoms with Gasteiger partial charge in [-0.25, -0.2) is 4.98 Å². The van der Waals surface area contributed by atoms with Crippen LogP contribution in [0.15, 0.2) is 29.6 Å². The number of ether oxygens (including phenoxy) is 1. The maximum atomic E-state index is 5.76. The van der Waals surface area contributed by atoms with E-state index < -0.39 is 0 Å². The summed E-state index contributed by atoms with van der Waals surface area (Å²) in [4.78, 5) is 4.43. The van der Waals surface area contributed by atoms with Gasteiger partial charge in [-0.1, -0.05) is 12.1 Å². The average Bonchev–Trinajstić information content (AvgIpc) is 2.73. The minimum atomic E-state index is 0.176. The van der Waals surface area contributed by atoms with Crippen molar-refractivity contribution in [1.82, 2.24) is 4.98 Å². The Balaban J connectivity index is 2.04. The van der Waals surface area contributed by atoms with Gasteiger partial charge < -0.3 is 10.1 Å². The summed E-state index contributed by atoms with van der Waals surface area (Å²) in [5, 5.41) is 6.52. The van der Waals surface area contributed by atoms with Crippen molar-refractivity contribution in [2.75, 3.05) is 5.32 Å². The molecule has 0 fully saturated rings. The van der Waals surface area contributed by atoms with Crippen molar-refractivity contribution < 1.29 is 4.74 Å². The second-order valence-electron chi connectivity index (χ2n) is 4.40. The van der Waals surface area contributed by atoms with Gasteiger partial charge in [0.2, 0.25) is 0 Å². The lowest BCUT2D eigenvalue weighted by atomic mass is 10.3. The zero-order chi connectivity index (χ0) is 13.0. The fourth-order valence-corrected chi connectivity index (χ4v) is 2.34. The molecule has 0 amide bonds. The van der Waals surface area contributed by atoms with Crippen molar-refractivity contribution >= 4 is 17.0 Å². The molecule has 96 valence electrons. The second kappa shape index (κ2) is 5.87. The normalized spacial score (nSPS) is 10.7. The third-order valence-corrected chi connectivity index (χ3v) is 3.31. The van der Waals surface area contributed by atoms with Gasteiger partial charge in [0, 0.05) is 11.1 Å². The molecule has 0 atom stereocenters. The third kappa shape index (κ3) is 3.47. The SMILES string of the molecule is Cc1csc(CNc2ccccc2OC(C)C)n1. The van der Waals surface area contributed by atoms with E-state index in [1.165, 1.54) is 0 Å². The van der Waals surface area contributed by atoms with Gasteiger partial charge in [0.1, 0.15) is 10.8 Å². The molecule has 0 saturated heterocycles. The predicted octanol–water partition coefficient (Wildman–Crippen LogP) is 3.85. The third-order valence-electron chi connectivity index (χ3n) is 2.35. The Labute approximate surface area is 112 Å². The maximum Gasteiger partial charge on any atom is 0.142 e. The maximum absolute atomic E-state index is 5.76. The first-order valence-electron chi connectivity index (χ1n) is 6.05. The minimum absolute atomic E-state index is 0.176. The Morgan fingerprint density at radius 1 is 1.33 bits per heavy atom. The Morgan fingerprint density at radius 3 is 2.78 bits per heavy atom. The molecule has 1 aromatic heterocycles. The Kier molecular flexibility index (Phi) is 4.20. The van der Waals surface area contributed by atoms with E-state index in [4.69, 9.17) is 4.74 Å². The van der Waals surface area contributed by atoms with Gasteiger partial charge in [0.15, 0.2) is 0 Å². The van der Waals surface area contributed by atoms with Gasteiger partial charge in [-0.15, -0.1) is 11.3 Å². The quantitative estimate of drug-likeness (QED) is 0.888. The second-order valence-corrected chi connectivity index (χ2v) is 5.34. The molecule has 4 heteroatoms. The van der Waals surface area contributed by atoms with E-state index in [0.717, 1.165) is 28.7 Å². The number of hydrogen-bond donors (Lipinski definition) is 1. The highest BCUT2D eigenvalue weighted by molar-refractivity contribution is 7.09. The van der Waals surface area contributed by atoms with Gasteiger partial charge in [-0.05, 0) is 32.9 Å². The molecule has 0 unspecified atom stereocenters. The summed E-state index contributed by atoms with van der Waals surface area (Å²) < 4.78 is 5.76. The van der Waals surface area contributed by atoms with Crippen LogP contribution in [0.1, 0.15) is 24.5 Å². The van der Waals surface area contributed by atoms with E-state index >= 15 is 0 Å². The Morgan fingerprint density at radius 2 is 2.11 bits per heavy atom. The highest BCUT2D eigenvalue weighted by Gasteiger charge is 2.05. The molecule has 0 aliphatic heterocycles. The fraction of sp³-hybridized carbons (Fsp3) is 0.357. The van der Waals surface area contributed by atoms with Crippen LogP contribution >= 0.6 is 11.3 Å². The van der Waals surface area contributed by atoms with Crippen molar-refractivity contribution in [3.8, 4) is 5.75 Å². The molecule has 1 heterocycles. The fourth-order valence-electron chi connectivity index (χ4n) is 1.62. The molecule has 18 heavy (non-hydrogen) atoms. The molecule has 1 N–H and O–H groups in total. The summed E-state index contributed by atoms with van der Waals surface area (Å²) >= 11 is 1.67. The molecule has 0 saturated carbocycles. The van der Waals surface area contributed by atoms with Crippen molar-refractivity contribution in [2.24, 2.45) is 0 Å². The molecule has 0 bridgehead atoms. The highest BCUT2D eigenvalue weighted by Crippen LogP contribution is 2.25.